The molecule has 1 atom stereocenters. The Morgan fingerprint density at radius 1 is 0.833 bits per heavy atom. The van der Waals surface area contributed by atoms with E-state index >= 15 is 0 Å². The van der Waals surface area contributed by atoms with Crippen molar-refractivity contribution in [2.75, 3.05) is 13.2 Å². The molecule has 0 bridgehead atoms. The highest BCUT2D eigenvalue weighted by Crippen LogP contribution is 2.47. The van der Waals surface area contributed by atoms with E-state index in [4.69, 9.17) is 4.74 Å². The molecule has 0 aliphatic carbocycles. The first-order valence-corrected chi connectivity index (χ1v) is 9.87. The van der Waals surface area contributed by atoms with E-state index in [1.807, 2.05) is 60.7 Å². The van der Waals surface area contributed by atoms with Crippen molar-refractivity contribution in [1.82, 2.24) is 0 Å². The SMILES string of the molecule is OC[C@]1(c2ccc(O)cc2)COc2ccc3cc(C#Cc4ccccc4)ccc3c21. The van der Waals surface area contributed by atoms with Gasteiger partial charge in [0, 0.05) is 16.7 Å². The van der Waals surface area contributed by atoms with Crippen LogP contribution in [-0.4, -0.2) is 23.4 Å². The van der Waals surface area contributed by atoms with Crippen molar-refractivity contribution in [1.29, 1.82) is 0 Å². The van der Waals surface area contributed by atoms with E-state index in [-0.39, 0.29) is 12.4 Å². The van der Waals surface area contributed by atoms with E-state index in [0.717, 1.165) is 38.8 Å². The topological polar surface area (TPSA) is 49.7 Å². The summed E-state index contributed by atoms with van der Waals surface area (Å²) in [6.07, 6.45) is 0. The number of phenols is 1. The molecule has 1 aliphatic rings. The van der Waals surface area contributed by atoms with Gasteiger partial charge in [-0.25, -0.2) is 0 Å². The third kappa shape index (κ3) is 2.99. The highest BCUT2D eigenvalue weighted by atomic mass is 16.5. The second-order valence-corrected chi connectivity index (χ2v) is 7.57. The molecule has 0 saturated heterocycles. The van der Waals surface area contributed by atoms with Crippen LogP contribution in [-0.2, 0) is 5.41 Å². The van der Waals surface area contributed by atoms with Crippen LogP contribution in [0.5, 0.6) is 11.5 Å². The van der Waals surface area contributed by atoms with Gasteiger partial charge in [-0.15, -0.1) is 0 Å². The second kappa shape index (κ2) is 7.26. The summed E-state index contributed by atoms with van der Waals surface area (Å²) in [7, 11) is 0. The number of aliphatic hydroxyl groups is 1. The van der Waals surface area contributed by atoms with Gasteiger partial charge < -0.3 is 14.9 Å². The quantitative estimate of drug-likeness (QED) is 0.490. The standard InChI is InChI=1S/C27H20O3/c28-17-27(22-10-12-23(29)13-11-22)18-30-25-15-9-21-16-20(8-14-24(21)26(25)27)7-6-19-4-2-1-3-5-19/h1-5,8-16,28-29H,17-18H2/t27-/m1/s1. The zero-order valence-electron chi connectivity index (χ0n) is 16.3. The van der Waals surface area contributed by atoms with Crippen molar-refractivity contribution in [3.63, 3.8) is 0 Å². The van der Waals surface area contributed by atoms with E-state index in [0.29, 0.717) is 6.61 Å². The number of benzene rings is 4. The Morgan fingerprint density at radius 3 is 2.37 bits per heavy atom. The summed E-state index contributed by atoms with van der Waals surface area (Å²) < 4.78 is 5.98. The average molecular weight is 392 g/mol. The Labute approximate surface area is 175 Å². The molecule has 3 heteroatoms. The molecule has 0 radical (unpaired) electrons. The van der Waals surface area contributed by atoms with Crippen LogP contribution < -0.4 is 4.74 Å². The maximum atomic E-state index is 10.4. The molecule has 0 saturated carbocycles. The Morgan fingerprint density at radius 2 is 1.60 bits per heavy atom. The molecule has 0 spiro atoms. The van der Waals surface area contributed by atoms with Gasteiger partial charge in [-0.1, -0.05) is 54.3 Å². The highest BCUT2D eigenvalue weighted by Gasteiger charge is 2.43. The van der Waals surface area contributed by atoms with Gasteiger partial charge in [-0.2, -0.15) is 0 Å². The number of aromatic hydroxyl groups is 1. The summed E-state index contributed by atoms with van der Waals surface area (Å²) in [4.78, 5) is 0. The lowest BCUT2D eigenvalue weighted by Gasteiger charge is -2.27. The van der Waals surface area contributed by atoms with Crippen LogP contribution >= 0.6 is 0 Å². The number of hydrogen-bond donors (Lipinski definition) is 2. The smallest absolute Gasteiger partial charge is 0.124 e. The van der Waals surface area contributed by atoms with E-state index in [9.17, 15) is 10.2 Å². The number of rotatable bonds is 2. The molecule has 0 unspecified atom stereocenters. The minimum Gasteiger partial charge on any atom is -0.508 e. The number of hydrogen-bond acceptors (Lipinski definition) is 3. The largest absolute Gasteiger partial charge is 0.508 e. The molecular formula is C27H20O3. The molecule has 3 nitrogen and oxygen atoms in total. The Kier molecular flexibility index (Phi) is 4.43. The fourth-order valence-corrected chi connectivity index (χ4v) is 4.16. The summed E-state index contributed by atoms with van der Waals surface area (Å²) in [5.41, 5.74) is 3.15. The van der Waals surface area contributed by atoms with Gasteiger partial charge in [0.2, 0.25) is 0 Å². The number of aliphatic hydroxyl groups excluding tert-OH is 1. The predicted octanol–water partition coefficient (Wildman–Crippen LogP) is 4.62. The Hall–Kier alpha value is -3.74. The summed E-state index contributed by atoms with van der Waals surface area (Å²) in [5.74, 6) is 7.42. The minimum absolute atomic E-state index is 0.0839. The van der Waals surface area contributed by atoms with Crippen LogP contribution in [0.15, 0.2) is 84.9 Å². The first-order valence-electron chi connectivity index (χ1n) is 9.87. The minimum atomic E-state index is -0.667. The van der Waals surface area contributed by atoms with Crippen molar-refractivity contribution in [3.05, 3.63) is 107 Å². The fraction of sp³-hybridized carbons (Fsp3) is 0.111. The summed E-state index contributed by atoms with van der Waals surface area (Å²) in [6, 6.07) is 27.0. The lowest BCUT2D eigenvalue weighted by atomic mass is 9.75. The van der Waals surface area contributed by atoms with Crippen molar-refractivity contribution in [3.8, 4) is 23.3 Å². The Balaban J connectivity index is 1.63. The molecule has 30 heavy (non-hydrogen) atoms. The lowest BCUT2D eigenvalue weighted by Crippen LogP contribution is -2.34. The molecule has 4 aromatic carbocycles. The normalized spacial score (nSPS) is 17.1. The highest BCUT2D eigenvalue weighted by molar-refractivity contribution is 5.91. The van der Waals surface area contributed by atoms with Crippen LogP contribution in [0.2, 0.25) is 0 Å². The monoisotopic (exact) mass is 392 g/mol. The third-order valence-corrected chi connectivity index (χ3v) is 5.75. The zero-order chi connectivity index (χ0) is 20.6. The van der Waals surface area contributed by atoms with Gasteiger partial charge >= 0.3 is 0 Å². The molecule has 146 valence electrons. The van der Waals surface area contributed by atoms with Gasteiger partial charge in [-0.3, -0.25) is 0 Å². The van der Waals surface area contributed by atoms with Crippen molar-refractivity contribution in [2.24, 2.45) is 0 Å². The second-order valence-electron chi connectivity index (χ2n) is 7.57. The molecule has 0 aromatic heterocycles. The van der Waals surface area contributed by atoms with Gasteiger partial charge in [-0.05, 0) is 58.8 Å². The number of ether oxygens (including phenoxy) is 1. The van der Waals surface area contributed by atoms with E-state index < -0.39 is 5.41 Å². The number of phenolic OH excluding ortho intramolecular Hbond substituents is 1. The Bertz CT molecular complexity index is 1280. The van der Waals surface area contributed by atoms with Gasteiger partial charge in [0.1, 0.15) is 18.1 Å². The summed E-state index contributed by atoms with van der Waals surface area (Å²) >= 11 is 0. The molecular weight excluding hydrogens is 372 g/mol. The average Bonchev–Trinajstić information content (AvgIpc) is 3.19. The predicted molar refractivity (Wildman–Crippen MR) is 118 cm³/mol. The van der Waals surface area contributed by atoms with E-state index in [1.54, 1.807) is 12.1 Å². The maximum Gasteiger partial charge on any atom is 0.124 e. The summed E-state index contributed by atoms with van der Waals surface area (Å²) in [5, 5.41) is 22.2. The van der Waals surface area contributed by atoms with Crippen LogP contribution in [0.25, 0.3) is 10.8 Å². The van der Waals surface area contributed by atoms with Gasteiger partial charge in [0.05, 0.1) is 12.0 Å². The fourth-order valence-electron chi connectivity index (χ4n) is 4.16. The molecule has 0 fully saturated rings. The summed E-state index contributed by atoms with van der Waals surface area (Å²) in [6.45, 7) is 0.276. The van der Waals surface area contributed by atoms with Crippen molar-refractivity contribution in [2.45, 2.75) is 5.41 Å². The van der Waals surface area contributed by atoms with Crippen LogP contribution in [0.4, 0.5) is 0 Å². The lowest BCUT2D eigenvalue weighted by molar-refractivity contribution is 0.185. The van der Waals surface area contributed by atoms with Gasteiger partial charge in [0.25, 0.3) is 0 Å². The van der Waals surface area contributed by atoms with E-state index in [2.05, 4.69) is 24.0 Å². The molecule has 2 N–H and O–H groups in total. The van der Waals surface area contributed by atoms with Crippen LogP contribution in [0.3, 0.4) is 0 Å². The van der Waals surface area contributed by atoms with Gasteiger partial charge in [0.15, 0.2) is 0 Å². The van der Waals surface area contributed by atoms with Crippen molar-refractivity contribution >= 4 is 10.8 Å². The molecule has 0 amide bonds. The number of fused-ring (bicyclic) bond motifs is 3. The van der Waals surface area contributed by atoms with Crippen LogP contribution in [0, 0.1) is 11.8 Å². The van der Waals surface area contributed by atoms with E-state index in [1.165, 1.54) is 0 Å². The molecule has 4 aromatic rings. The molecule has 5 rings (SSSR count). The third-order valence-electron chi connectivity index (χ3n) is 5.75. The van der Waals surface area contributed by atoms with Crippen LogP contribution in [0.1, 0.15) is 22.3 Å². The first-order chi connectivity index (χ1) is 14.7. The first kappa shape index (κ1) is 18.3. The van der Waals surface area contributed by atoms with Crippen molar-refractivity contribution < 1.29 is 14.9 Å². The molecule has 1 aliphatic heterocycles. The zero-order valence-corrected chi connectivity index (χ0v) is 16.3. The molecule has 1 heterocycles. The maximum absolute atomic E-state index is 10.4.